The maximum atomic E-state index is 14.4. The van der Waals surface area contributed by atoms with Crippen LogP contribution in [-0.4, -0.2) is 4.98 Å². The lowest BCUT2D eigenvalue weighted by Crippen LogP contribution is -1.91. The third-order valence-corrected chi connectivity index (χ3v) is 4.26. The number of pyridine rings is 1. The molecule has 4 aromatic rings. The molecule has 0 aliphatic heterocycles. The van der Waals surface area contributed by atoms with E-state index in [-0.39, 0.29) is 5.82 Å². The quantitative estimate of drug-likeness (QED) is 0.449. The van der Waals surface area contributed by atoms with Gasteiger partial charge in [0.2, 0.25) is 0 Å². The fourth-order valence-corrected chi connectivity index (χ4v) is 2.97. The summed E-state index contributed by atoms with van der Waals surface area (Å²) >= 11 is 0. The second kappa shape index (κ2) is 5.41. The maximum Gasteiger partial charge on any atom is 0.147 e. The van der Waals surface area contributed by atoms with Gasteiger partial charge in [-0.25, -0.2) is 8.78 Å². The van der Waals surface area contributed by atoms with Crippen LogP contribution in [0.25, 0.3) is 33.2 Å². The Morgan fingerprint density at radius 2 is 1.83 bits per heavy atom. The third-order valence-electron chi connectivity index (χ3n) is 4.26. The SMILES string of the molecule is CC(C)c1ccnc(-c2ccc(F)c3c2oc2cc(F)ccc23)c1. The monoisotopic (exact) mass is 323 g/mol. The van der Waals surface area contributed by atoms with Crippen LogP contribution in [0.3, 0.4) is 0 Å². The number of nitrogens with zero attached hydrogens (tertiary/aromatic N) is 1. The lowest BCUT2D eigenvalue weighted by Gasteiger charge is -2.08. The molecule has 0 bridgehead atoms. The number of aromatic nitrogens is 1. The van der Waals surface area contributed by atoms with Crippen molar-refractivity contribution in [3.63, 3.8) is 0 Å². The van der Waals surface area contributed by atoms with Gasteiger partial charge in [-0.2, -0.15) is 0 Å². The summed E-state index contributed by atoms with van der Waals surface area (Å²) in [5.41, 5.74) is 3.27. The van der Waals surface area contributed by atoms with Gasteiger partial charge in [0.1, 0.15) is 22.8 Å². The molecule has 0 N–H and O–H groups in total. The first-order chi connectivity index (χ1) is 11.5. The average Bonchev–Trinajstić information content (AvgIpc) is 2.94. The normalized spacial score (nSPS) is 11.7. The van der Waals surface area contributed by atoms with E-state index in [1.807, 2.05) is 12.1 Å². The molecule has 4 rings (SSSR count). The molecule has 0 aliphatic carbocycles. The number of hydrogen-bond acceptors (Lipinski definition) is 2. The smallest absolute Gasteiger partial charge is 0.147 e. The highest BCUT2D eigenvalue weighted by atomic mass is 19.1. The van der Waals surface area contributed by atoms with Crippen LogP contribution in [0.1, 0.15) is 25.3 Å². The minimum atomic E-state index is -0.413. The first kappa shape index (κ1) is 14.8. The zero-order valence-corrected chi connectivity index (χ0v) is 13.3. The predicted octanol–water partition coefficient (Wildman–Crippen LogP) is 6.05. The second-order valence-electron chi connectivity index (χ2n) is 6.17. The lowest BCUT2D eigenvalue weighted by molar-refractivity contribution is 0.617. The van der Waals surface area contributed by atoms with E-state index in [2.05, 4.69) is 18.8 Å². The second-order valence-corrected chi connectivity index (χ2v) is 6.17. The fourth-order valence-electron chi connectivity index (χ4n) is 2.97. The van der Waals surface area contributed by atoms with Gasteiger partial charge < -0.3 is 4.42 Å². The minimum Gasteiger partial charge on any atom is -0.455 e. The van der Waals surface area contributed by atoms with Crippen LogP contribution in [0.5, 0.6) is 0 Å². The van der Waals surface area contributed by atoms with Crippen molar-refractivity contribution in [3.8, 4) is 11.3 Å². The number of halogens is 2. The molecule has 2 nitrogen and oxygen atoms in total. The number of rotatable bonds is 2. The molecule has 2 aromatic heterocycles. The van der Waals surface area contributed by atoms with E-state index in [0.29, 0.717) is 39.1 Å². The molecule has 24 heavy (non-hydrogen) atoms. The highest BCUT2D eigenvalue weighted by molar-refractivity contribution is 6.09. The van der Waals surface area contributed by atoms with Crippen molar-refractivity contribution in [3.05, 3.63) is 65.9 Å². The van der Waals surface area contributed by atoms with Crippen molar-refractivity contribution in [1.82, 2.24) is 4.98 Å². The Bertz CT molecular complexity index is 1070. The standard InChI is InChI=1S/C20H15F2NO/c1-11(2)12-7-8-23-17(9-12)14-5-6-16(22)19-15-4-3-13(21)10-18(15)24-20(14)19/h3-11H,1-2H3. The topological polar surface area (TPSA) is 26.0 Å². The highest BCUT2D eigenvalue weighted by Crippen LogP contribution is 2.37. The van der Waals surface area contributed by atoms with E-state index >= 15 is 0 Å². The Morgan fingerprint density at radius 1 is 1.00 bits per heavy atom. The van der Waals surface area contributed by atoms with Crippen LogP contribution >= 0.6 is 0 Å². The maximum absolute atomic E-state index is 14.4. The van der Waals surface area contributed by atoms with Gasteiger partial charge in [0.25, 0.3) is 0 Å². The largest absolute Gasteiger partial charge is 0.455 e. The van der Waals surface area contributed by atoms with E-state index in [0.717, 1.165) is 5.56 Å². The van der Waals surface area contributed by atoms with Gasteiger partial charge in [-0.15, -0.1) is 0 Å². The van der Waals surface area contributed by atoms with Crippen LogP contribution in [0.15, 0.2) is 53.1 Å². The van der Waals surface area contributed by atoms with Crippen LogP contribution in [0.2, 0.25) is 0 Å². The summed E-state index contributed by atoms with van der Waals surface area (Å²) in [6, 6.07) is 11.1. The van der Waals surface area contributed by atoms with E-state index in [1.54, 1.807) is 18.3 Å². The van der Waals surface area contributed by atoms with Gasteiger partial charge in [-0.1, -0.05) is 13.8 Å². The Labute approximate surface area is 137 Å². The Hall–Kier alpha value is -2.75. The fraction of sp³-hybridized carbons (Fsp3) is 0.150. The van der Waals surface area contributed by atoms with Gasteiger partial charge in [-0.05, 0) is 47.9 Å². The summed E-state index contributed by atoms with van der Waals surface area (Å²) in [6.07, 6.45) is 1.74. The molecule has 0 amide bonds. The number of hydrogen-bond donors (Lipinski definition) is 0. The molecule has 0 atom stereocenters. The highest BCUT2D eigenvalue weighted by Gasteiger charge is 2.17. The summed E-state index contributed by atoms with van der Waals surface area (Å²) in [5.74, 6) is -0.449. The molecular formula is C20H15F2NO. The van der Waals surface area contributed by atoms with Crippen molar-refractivity contribution < 1.29 is 13.2 Å². The summed E-state index contributed by atoms with van der Waals surface area (Å²) in [4.78, 5) is 4.40. The number of fused-ring (bicyclic) bond motifs is 3. The average molecular weight is 323 g/mol. The molecule has 4 heteroatoms. The van der Waals surface area contributed by atoms with Gasteiger partial charge >= 0.3 is 0 Å². The van der Waals surface area contributed by atoms with Crippen molar-refractivity contribution >= 4 is 21.9 Å². The van der Waals surface area contributed by atoms with E-state index in [9.17, 15) is 8.78 Å². The molecular weight excluding hydrogens is 308 g/mol. The lowest BCUT2D eigenvalue weighted by atomic mass is 10.0. The van der Waals surface area contributed by atoms with Crippen LogP contribution < -0.4 is 0 Å². The summed E-state index contributed by atoms with van der Waals surface area (Å²) in [7, 11) is 0. The number of furan rings is 1. The van der Waals surface area contributed by atoms with Gasteiger partial charge in [0, 0.05) is 23.2 Å². The molecule has 0 aliphatic rings. The molecule has 2 aromatic carbocycles. The molecule has 2 heterocycles. The predicted molar refractivity (Wildman–Crippen MR) is 91.0 cm³/mol. The van der Waals surface area contributed by atoms with Gasteiger partial charge in [-0.3, -0.25) is 4.98 Å². The van der Waals surface area contributed by atoms with E-state index in [1.165, 1.54) is 18.2 Å². The first-order valence-electron chi connectivity index (χ1n) is 7.81. The van der Waals surface area contributed by atoms with Crippen molar-refractivity contribution in [2.75, 3.05) is 0 Å². The summed E-state index contributed by atoms with van der Waals surface area (Å²) in [5, 5.41) is 0.921. The minimum absolute atomic E-state index is 0.330. The Morgan fingerprint density at radius 3 is 2.62 bits per heavy atom. The van der Waals surface area contributed by atoms with Gasteiger partial charge in [0.05, 0.1) is 11.1 Å². The third kappa shape index (κ3) is 2.26. The summed E-state index contributed by atoms with van der Waals surface area (Å²) in [6.45, 7) is 4.20. The molecule has 0 saturated heterocycles. The number of benzene rings is 2. The molecule has 0 spiro atoms. The molecule has 0 fully saturated rings. The van der Waals surface area contributed by atoms with E-state index < -0.39 is 5.82 Å². The van der Waals surface area contributed by atoms with Gasteiger partial charge in [0.15, 0.2) is 0 Å². The van der Waals surface area contributed by atoms with Crippen LogP contribution in [0, 0.1) is 11.6 Å². The van der Waals surface area contributed by atoms with E-state index in [4.69, 9.17) is 4.42 Å². The molecule has 0 saturated carbocycles. The summed E-state index contributed by atoms with van der Waals surface area (Å²) < 4.78 is 33.6. The molecule has 0 unspecified atom stereocenters. The zero-order valence-electron chi connectivity index (χ0n) is 13.3. The van der Waals surface area contributed by atoms with Crippen molar-refractivity contribution in [2.45, 2.75) is 19.8 Å². The van der Waals surface area contributed by atoms with Crippen LogP contribution in [-0.2, 0) is 0 Å². The van der Waals surface area contributed by atoms with Crippen LogP contribution in [0.4, 0.5) is 8.78 Å². The Kier molecular flexibility index (Phi) is 3.34. The zero-order chi connectivity index (χ0) is 16.8. The Balaban J connectivity index is 2.05. The van der Waals surface area contributed by atoms with Crippen molar-refractivity contribution in [2.24, 2.45) is 0 Å². The van der Waals surface area contributed by atoms with Crippen molar-refractivity contribution in [1.29, 1.82) is 0 Å². The molecule has 120 valence electrons. The first-order valence-corrected chi connectivity index (χ1v) is 7.81. The molecule has 0 radical (unpaired) electrons.